The maximum Gasteiger partial charge on any atom is 0.253 e. The summed E-state index contributed by atoms with van der Waals surface area (Å²) in [4.78, 5) is 116. The number of aliphatic hydroxyl groups excluding tert-OH is 14. The van der Waals surface area contributed by atoms with Gasteiger partial charge in [-0.2, -0.15) is 0 Å². The van der Waals surface area contributed by atoms with Crippen LogP contribution in [-0.4, -0.2) is 266 Å². The van der Waals surface area contributed by atoms with Crippen LogP contribution >= 0.6 is 136 Å². The maximum atomic E-state index is 13.7. The van der Waals surface area contributed by atoms with Crippen LogP contribution in [0.3, 0.4) is 0 Å². The molecule has 0 aromatic rings. The molecule has 0 bridgehead atoms. The minimum atomic E-state index is -1.61. The second-order valence-corrected chi connectivity index (χ2v) is 24.6. The monoisotopic (exact) mass is 1830 g/mol. The van der Waals surface area contributed by atoms with Crippen LogP contribution in [0.1, 0.15) is 25.7 Å². The third-order valence-corrected chi connectivity index (χ3v) is 18.9. The highest BCUT2D eigenvalue weighted by atomic mass is 127. The second-order valence-electron chi connectivity index (χ2n) is 17.8. The molecule has 10 unspecified atom stereocenters. The van der Waals surface area contributed by atoms with Crippen molar-refractivity contribution in [1.29, 1.82) is 0 Å². The van der Waals surface area contributed by atoms with Crippen molar-refractivity contribution >= 4 is 194 Å². The topological polar surface area (TPSA) is 517 Å². The van der Waals surface area contributed by atoms with Crippen LogP contribution in [0.4, 0.5) is 0 Å². The predicted molar refractivity (Wildman–Crippen MR) is 334 cm³/mol. The Hall–Kier alpha value is -1.72. The van der Waals surface area contributed by atoms with Gasteiger partial charge in [0.2, 0.25) is 35.4 Å². The van der Waals surface area contributed by atoms with Crippen molar-refractivity contribution in [3.8, 4) is 0 Å². The van der Waals surface area contributed by atoms with Crippen LogP contribution in [-0.2, 0) is 38.4 Å². The first-order chi connectivity index (χ1) is 38.2. The first-order valence-electron chi connectivity index (χ1n) is 23.9. The first kappa shape index (κ1) is 75.4. The molecule has 36 heteroatoms. The molecule has 0 fully saturated rings. The number of halogens is 6. The van der Waals surface area contributed by atoms with Gasteiger partial charge >= 0.3 is 0 Å². The van der Waals surface area contributed by atoms with E-state index < -0.39 is 214 Å². The fraction of sp³-hybridized carbons (Fsp3) is 0.600. The number of carbonyl (C=O) groups excluding carboxylic acids is 8. The molecule has 2 rings (SSSR count). The summed E-state index contributed by atoms with van der Waals surface area (Å²) in [6.07, 6.45) is -8.70. The zero-order valence-electron chi connectivity index (χ0n) is 42.3. The minimum absolute atomic E-state index is 0.0137. The van der Waals surface area contributed by atoms with Gasteiger partial charge in [-0.05, 0) is 90.4 Å². The van der Waals surface area contributed by atoms with E-state index in [0.29, 0.717) is 0 Å². The predicted octanol–water partition coefficient (Wildman–Crippen LogP) is -6.60. The Balaban J connectivity index is 2.30. The van der Waals surface area contributed by atoms with Crippen molar-refractivity contribution in [1.82, 2.24) is 31.9 Å². The lowest BCUT2D eigenvalue weighted by Crippen LogP contribution is -2.50. The summed E-state index contributed by atoms with van der Waals surface area (Å²) in [6.45, 7) is -9.26. The molecule has 0 aromatic heterocycles. The molecule has 2 aliphatic carbocycles. The van der Waals surface area contributed by atoms with Crippen molar-refractivity contribution in [2.45, 2.75) is 82.1 Å². The molecule has 456 valence electrons. The van der Waals surface area contributed by atoms with Crippen LogP contribution < -0.4 is 31.9 Å². The van der Waals surface area contributed by atoms with Gasteiger partial charge in [0, 0.05) is 64.2 Å². The number of hydrogen-bond donors (Lipinski definition) is 20. The van der Waals surface area contributed by atoms with Gasteiger partial charge in [-0.15, -0.1) is 0 Å². The Labute approximate surface area is 543 Å². The SMILES string of the molecule is O=C(CCC(=O)NCC(CO)(CO)CNC(=O)CCC(=O)N=C1C(I)=C(C(=O)NC(CO)C(O)CO)C(I)=C(C(=O)NC(CO)C(O)CO)C1I)N=C1C(I)=C(C(=O)NC(CO)C(O)CO)C(I)=C(C(=O)NC(CO)C(O)CO)C1I. The normalized spacial score (nSPS) is 20.0. The summed E-state index contributed by atoms with van der Waals surface area (Å²) in [6, 6.07) is -5.56. The second kappa shape index (κ2) is 37.1. The number of alkyl halides is 2. The van der Waals surface area contributed by atoms with Gasteiger partial charge in [-0.1, -0.05) is 45.2 Å². The van der Waals surface area contributed by atoms with Crippen LogP contribution in [0.15, 0.2) is 46.6 Å². The highest BCUT2D eigenvalue weighted by Gasteiger charge is 2.42. The van der Waals surface area contributed by atoms with Crippen LogP contribution in [0.25, 0.3) is 0 Å². The molecule has 0 heterocycles. The number of hydrogen-bond acceptors (Lipinski definition) is 22. The molecular weight excluding hydrogens is 1770 g/mol. The van der Waals surface area contributed by atoms with Crippen molar-refractivity contribution in [2.24, 2.45) is 15.4 Å². The van der Waals surface area contributed by atoms with E-state index in [1.165, 1.54) is 0 Å². The third-order valence-electron chi connectivity index (χ3n) is 12.0. The fourth-order valence-corrected chi connectivity index (χ4v) is 16.5. The van der Waals surface area contributed by atoms with E-state index >= 15 is 0 Å². The van der Waals surface area contributed by atoms with E-state index in [1.54, 1.807) is 136 Å². The zero-order chi connectivity index (χ0) is 61.6. The quantitative estimate of drug-likeness (QED) is 0.0220. The van der Waals surface area contributed by atoms with Gasteiger partial charge in [-0.25, -0.2) is 9.98 Å². The first-order valence-corrected chi connectivity index (χ1v) is 30.7. The summed E-state index contributed by atoms with van der Waals surface area (Å²) in [7, 11) is 0. The molecule has 0 saturated carbocycles. The molecule has 30 nitrogen and oxygen atoms in total. The zero-order valence-corrected chi connectivity index (χ0v) is 55.2. The lowest BCUT2D eigenvalue weighted by atomic mass is 9.89. The number of nitrogens with zero attached hydrogens (tertiary/aromatic N) is 2. The molecule has 2 aliphatic rings. The number of allylic oxidation sites excluding steroid dienone is 2. The standard InChI is InChI=1S/C45H62I6N8O22/c46-33-29(41(78)54-17(5-60)21(70)9-64)35(48)39(36(49)30(33)42(79)55-18(6-61)22(71)10-65)58-27(76)3-1-25(74)52-13-45(15-68,16-69)14-53-26(75)2-4-28(77)59-40-37(50)31(43(80)56-19(7-62)23(72)11-66)34(47)32(38(40)51)44(81)57-20(8-63)24(73)12-67/h17-24,35,37,60-73H,1-16H2,(H,52,74)(H,53,75)(H,54,78)(H,55,79)(H,56,80)(H,57,81). The van der Waals surface area contributed by atoms with Gasteiger partial charge in [0.05, 0.1) is 150 Å². The Morgan fingerprint density at radius 1 is 0.420 bits per heavy atom. The molecule has 10 atom stereocenters. The lowest BCUT2D eigenvalue weighted by molar-refractivity contribution is -0.126. The number of rotatable bonds is 32. The molecule has 0 radical (unpaired) electrons. The highest BCUT2D eigenvalue weighted by molar-refractivity contribution is 14.1. The maximum absolute atomic E-state index is 13.7. The fourth-order valence-electron chi connectivity index (χ4n) is 6.92. The van der Waals surface area contributed by atoms with E-state index in [4.69, 9.17) is 0 Å². The Morgan fingerprint density at radius 3 is 0.938 bits per heavy atom. The van der Waals surface area contributed by atoms with E-state index in [1.807, 2.05) is 0 Å². The molecule has 8 amide bonds. The molecule has 0 saturated heterocycles. The van der Waals surface area contributed by atoms with Crippen molar-refractivity contribution < 1.29 is 110 Å². The number of aliphatic imine (C=N–C) groups is 2. The Kier molecular flexibility index (Phi) is 34.5. The molecule has 0 aromatic carbocycles. The van der Waals surface area contributed by atoms with Gasteiger partial charge in [0.1, 0.15) is 0 Å². The molecular formula is C45H62I6N8O22. The minimum Gasteiger partial charge on any atom is -0.396 e. The van der Waals surface area contributed by atoms with Gasteiger partial charge in [0.15, 0.2) is 0 Å². The van der Waals surface area contributed by atoms with E-state index in [2.05, 4.69) is 41.9 Å². The summed E-state index contributed by atoms with van der Waals surface area (Å²) in [5.74, 6) is -7.35. The van der Waals surface area contributed by atoms with E-state index in [-0.39, 0.29) is 48.0 Å². The van der Waals surface area contributed by atoms with Gasteiger partial charge in [0.25, 0.3) is 11.8 Å². The Morgan fingerprint density at radius 2 is 0.691 bits per heavy atom. The summed E-state index contributed by atoms with van der Waals surface area (Å²) in [5.41, 5.74) is -2.87. The number of nitrogens with one attached hydrogen (secondary N) is 6. The number of carbonyl (C=O) groups is 8. The molecule has 0 spiro atoms. The summed E-state index contributed by atoms with van der Waals surface area (Å²) in [5, 5.41) is 152. The molecule has 0 aliphatic heterocycles. The summed E-state index contributed by atoms with van der Waals surface area (Å²) >= 11 is 10.2. The van der Waals surface area contributed by atoms with Crippen molar-refractivity contribution in [2.75, 3.05) is 79.2 Å². The summed E-state index contributed by atoms with van der Waals surface area (Å²) < 4.78 is -2.22. The highest BCUT2D eigenvalue weighted by Crippen LogP contribution is 2.42. The van der Waals surface area contributed by atoms with Crippen molar-refractivity contribution in [3.05, 3.63) is 36.6 Å². The molecule has 20 N–H and O–H groups in total. The van der Waals surface area contributed by atoms with Crippen molar-refractivity contribution in [3.63, 3.8) is 0 Å². The van der Waals surface area contributed by atoms with Gasteiger partial charge in [-0.3, -0.25) is 38.4 Å². The molecule has 81 heavy (non-hydrogen) atoms. The van der Waals surface area contributed by atoms with Crippen LogP contribution in [0.5, 0.6) is 0 Å². The van der Waals surface area contributed by atoms with E-state index in [9.17, 15) is 110 Å². The van der Waals surface area contributed by atoms with E-state index in [0.717, 1.165) is 0 Å². The largest absolute Gasteiger partial charge is 0.396 e. The average molecular weight is 1830 g/mol. The lowest BCUT2D eigenvalue weighted by Gasteiger charge is -2.30. The average Bonchev–Trinajstić information content (AvgIpc) is 3.44. The van der Waals surface area contributed by atoms with Crippen LogP contribution in [0, 0.1) is 5.41 Å². The Bertz CT molecular complexity index is 2330. The third kappa shape index (κ3) is 21.3. The van der Waals surface area contributed by atoms with Gasteiger partial charge < -0.3 is 103 Å². The number of aliphatic hydroxyl groups is 14. The number of amides is 8. The smallest absolute Gasteiger partial charge is 0.253 e. The van der Waals surface area contributed by atoms with Crippen LogP contribution in [0.2, 0.25) is 0 Å².